The van der Waals surface area contributed by atoms with E-state index in [2.05, 4.69) is 14.6 Å². The number of rotatable bonds is 6. The Kier molecular flexibility index (Phi) is 6.98. The maximum absolute atomic E-state index is 13.4. The molecule has 2 aliphatic rings. The molecule has 2 heterocycles. The van der Waals surface area contributed by atoms with E-state index >= 15 is 0 Å². The first-order chi connectivity index (χ1) is 14.9. The number of hydrogen-bond donors (Lipinski definition) is 0. The molecule has 0 bridgehead atoms. The van der Waals surface area contributed by atoms with Crippen molar-refractivity contribution in [2.75, 3.05) is 44.3 Å². The van der Waals surface area contributed by atoms with E-state index < -0.39 is 6.36 Å². The van der Waals surface area contributed by atoms with E-state index in [9.17, 15) is 18.0 Å². The minimum absolute atomic E-state index is 0.0189. The number of fused-ring (bicyclic) bond motifs is 1. The van der Waals surface area contributed by atoms with Crippen molar-refractivity contribution in [3.63, 3.8) is 0 Å². The second kappa shape index (κ2) is 9.70. The third-order valence-corrected chi connectivity index (χ3v) is 6.82. The van der Waals surface area contributed by atoms with Crippen molar-refractivity contribution in [1.82, 2.24) is 9.88 Å². The summed E-state index contributed by atoms with van der Waals surface area (Å²) in [7, 11) is 0. The number of morpholine rings is 1. The zero-order valence-corrected chi connectivity index (χ0v) is 18.0. The number of carbonyl (C=O) groups is 1. The quantitative estimate of drug-likeness (QED) is 0.642. The average Bonchev–Trinajstić information content (AvgIpc) is 3.17. The van der Waals surface area contributed by atoms with E-state index in [1.54, 1.807) is 4.90 Å². The summed E-state index contributed by atoms with van der Waals surface area (Å²) in [5.41, 5.74) is 0.558. The zero-order chi connectivity index (χ0) is 21.8. The van der Waals surface area contributed by atoms with Crippen molar-refractivity contribution in [1.29, 1.82) is 0 Å². The Morgan fingerprint density at radius 1 is 1.23 bits per heavy atom. The first-order valence-corrected chi connectivity index (χ1v) is 11.5. The summed E-state index contributed by atoms with van der Waals surface area (Å²) in [4.78, 5) is 21.9. The molecule has 1 saturated carbocycles. The van der Waals surface area contributed by atoms with Crippen LogP contribution in [0.5, 0.6) is 5.75 Å². The Hall–Kier alpha value is -1.91. The van der Waals surface area contributed by atoms with E-state index in [1.807, 2.05) is 0 Å². The Labute approximate surface area is 182 Å². The van der Waals surface area contributed by atoms with Gasteiger partial charge in [-0.3, -0.25) is 14.6 Å². The molecular weight excluding hydrogens is 431 g/mol. The minimum Gasteiger partial charge on any atom is -0.406 e. The number of ether oxygens (including phenoxy) is 2. The molecule has 1 aromatic carbocycles. The van der Waals surface area contributed by atoms with Crippen molar-refractivity contribution in [2.24, 2.45) is 5.92 Å². The molecule has 1 amide bonds. The van der Waals surface area contributed by atoms with Crippen LogP contribution in [0.15, 0.2) is 18.2 Å². The Morgan fingerprint density at radius 3 is 2.68 bits per heavy atom. The number of anilines is 1. The average molecular weight is 458 g/mol. The molecule has 2 fully saturated rings. The maximum atomic E-state index is 13.4. The Morgan fingerprint density at radius 2 is 1.97 bits per heavy atom. The Balaban J connectivity index is 1.56. The monoisotopic (exact) mass is 457 g/mol. The topological polar surface area (TPSA) is 54.9 Å². The summed E-state index contributed by atoms with van der Waals surface area (Å²) in [5.74, 6) is -0.234. The summed E-state index contributed by atoms with van der Waals surface area (Å²) >= 11 is 1.23. The van der Waals surface area contributed by atoms with Gasteiger partial charge in [0.25, 0.3) is 0 Å². The van der Waals surface area contributed by atoms with Gasteiger partial charge in [-0.25, -0.2) is 4.98 Å². The van der Waals surface area contributed by atoms with Crippen molar-refractivity contribution in [2.45, 2.75) is 38.5 Å². The molecule has 0 radical (unpaired) electrons. The molecular formula is C21H26F3N3O3S. The largest absolute Gasteiger partial charge is 0.573 e. The predicted molar refractivity (Wildman–Crippen MR) is 112 cm³/mol. The lowest BCUT2D eigenvalue weighted by Crippen LogP contribution is -2.45. The second-order valence-corrected chi connectivity index (χ2v) is 8.96. The molecule has 4 rings (SSSR count). The number of benzene rings is 1. The van der Waals surface area contributed by atoms with Gasteiger partial charge in [0.05, 0.1) is 23.4 Å². The molecule has 31 heavy (non-hydrogen) atoms. The normalized spacial score (nSPS) is 18.9. The van der Waals surface area contributed by atoms with E-state index in [0.29, 0.717) is 41.7 Å². The molecule has 0 spiro atoms. The van der Waals surface area contributed by atoms with Crippen molar-refractivity contribution >= 4 is 32.6 Å². The summed E-state index contributed by atoms with van der Waals surface area (Å²) < 4.78 is 47.7. The minimum atomic E-state index is -4.75. The van der Waals surface area contributed by atoms with Crippen LogP contribution in [0, 0.1) is 5.92 Å². The fraction of sp³-hybridized carbons (Fsp3) is 0.619. The van der Waals surface area contributed by atoms with Gasteiger partial charge in [-0.1, -0.05) is 30.6 Å². The van der Waals surface area contributed by atoms with Crippen LogP contribution >= 0.6 is 11.3 Å². The van der Waals surface area contributed by atoms with Crippen molar-refractivity contribution < 1.29 is 27.4 Å². The molecule has 0 atom stereocenters. The molecule has 1 saturated heterocycles. The highest BCUT2D eigenvalue weighted by atomic mass is 32.1. The summed E-state index contributed by atoms with van der Waals surface area (Å²) in [6.45, 7) is 4.22. The highest BCUT2D eigenvalue weighted by molar-refractivity contribution is 7.22. The van der Waals surface area contributed by atoms with E-state index in [1.165, 1.54) is 29.5 Å². The predicted octanol–water partition coefficient (Wildman–Crippen LogP) is 4.44. The van der Waals surface area contributed by atoms with Crippen LogP contribution in [-0.4, -0.2) is 61.5 Å². The lowest BCUT2D eigenvalue weighted by atomic mass is 9.88. The summed E-state index contributed by atoms with van der Waals surface area (Å²) in [6.07, 6.45) is 0.253. The third-order valence-electron chi connectivity index (χ3n) is 5.78. The summed E-state index contributed by atoms with van der Waals surface area (Å²) in [6, 6.07) is 4.08. The van der Waals surface area contributed by atoms with Crippen LogP contribution in [0.2, 0.25) is 0 Å². The number of alkyl halides is 3. The Bertz CT molecular complexity index is 893. The molecule has 170 valence electrons. The van der Waals surface area contributed by atoms with E-state index in [-0.39, 0.29) is 17.6 Å². The number of hydrogen-bond acceptors (Lipinski definition) is 6. The van der Waals surface area contributed by atoms with Crippen molar-refractivity contribution in [3.05, 3.63) is 18.2 Å². The number of aromatic nitrogens is 1. The number of halogens is 3. The van der Waals surface area contributed by atoms with Gasteiger partial charge in [0.1, 0.15) is 5.75 Å². The molecule has 0 N–H and O–H groups in total. The van der Waals surface area contributed by atoms with Crippen LogP contribution in [0.4, 0.5) is 18.3 Å². The van der Waals surface area contributed by atoms with Crippen LogP contribution in [0.3, 0.4) is 0 Å². The highest BCUT2D eigenvalue weighted by Crippen LogP contribution is 2.35. The molecule has 2 aromatic rings. The van der Waals surface area contributed by atoms with Crippen molar-refractivity contribution in [3.8, 4) is 5.75 Å². The standard InChI is InChI=1S/C21H26F3N3O3S/c22-21(23,24)30-16-6-7-17-18(14-16)31-20(25-17)27(9-8-26-10-12-29-13-11-26)19(28)15-4-2-1-3-5-15/h6-7,14-15H,1-5,8-13H2. The van der Waals surface area contributed by atoms with Gasteiger partial charge >= 0.3 is 6.36 Å². The van der Waals surface area contributed by atoms with Crippen LogP contribution in [-0.2, 0) is 9.53 Å². The van der Waals surface area contributed by atoms with Gasteiger partial charge < -0.3 is 9.47 Å². The number of carbonyl (C=O) groups excluding carboxylic acids is 1. The van der Waals surface area contributed by atoms with Crippen LogP contribution < -0.4 is 9.64 Å². The van der Waals surface area contributed by atoms with Gasteiger partial charge in [-0.2, -0.15) is 0 Å². The SMILES string of the molecule is O=C(C1CCCCC1)N(CCN1CCOCC1)c1nc2ccc(OC(F)(F)F)cc2s1. The van der Waals surface area contributed by atoms with Crippen LogP contribution in [0.1, 0.15) is 32.1 Å². The smallest absolute Gasteiger partial charge is 0.406 e. The first-order valence-electron chi connectivity index (χ1n) is 10.7. The van der Waals surface area contributed by atoms with Gasteiger partial charge in [0.15, 0.2) is 5.13 Å². The molecule has 1 aliphatic carbocycles. The molecule has 6 nitrogen and oxygen atoms in total. The molecule has 1 aromatic heterocycles. The lowest BCUT2D eigenvalue weighted by molar-refractivity contribution is -0.274. The zero-order valence-electron chi connectivity index (χ0n) is 17.2. The molecule has 10 heteroatoms. The van der Waals surface area contributed by atoms with Crippen LogP contribution in [0.25, 0.3) is 10.2 Å². The number of amides is 1. The van der Waals surface area contributed by atoms with Gasteiger partial charge in [0, 0.05) is 38.2 Å². The molecule has 0 unspecified atom stereocenters. The lowest BCUT2D eigenvalue weighted by Gasteiger charge is -2.31. The highest BCUT2D eigenvalue weighted by Gasteiger charge is 2.32. The first kappa shape index (κ1) is 22.3. The number of thiazole rings is 1. The third kappa shape index (κ3) is 5.87. The van der Waals surface area contributed by atoms with Gasteiger partial charge in [-0.05, 0) is 25.0 Å². The van der Waals surface area contributed by atoms with Gasteiger partial charge in [-0.15, -0.1) is 13.2 Å². The summed E-state index contributed by atoms with van der Waals surface area (Å²) in [5, 5.41) is 0.531. The fourth-order valence-electron chi connectivity index (χ4n) is 4.14. The molecule has 1 aliphatic heterocycles. The van der Waals surface area contributed by atoms with Gasteiger partial charge in [0.2, 0.25) is 5.91 Å². The maximum Gasteiger partial charge on any atom is 0.573 e. The van der Waals surface area contributed by atoms with E-state index in [0.717, 1.165) is 45.2 Å². The van der Waals surface area contributed by atoms with E-state index in [4.69, 9.17) is 4.74 Å². The second-order valence-electron chi connectivity index (χ2n) is 7.95. The number of nitrogens with zero attached hydrogens (tertiary/aromatic N) is 3. The fourth-order valence-corrected chi connectivity index (χ4v) is 5.17.